The number of hydrogen-bond donors (Lipinski definition) is 0. The smallest absolute Gasteiger partial charge is 0.336 e. The minimum atomic E-state index is -0.727. The number of benzene rings is 2. The van der Waals surface area contributed by atoms with E-state index in [-0.39, 0.29) is 12.4 Å². The number of fused-ring (bicyclic) bond motifs is 2. The summed E-state index contributed by atoms with van der Waals surface area (Å²) in [5.74, 6) is 1.61. The second kappa shape index (κ2) is 8.57. The second-order valence-corrected chi connectivity index (χ2v) is 8.33. The summed E-state index contributed by atoms with van der Waals surface area (Å²) in [4.78, 5) is 24.1. The van der Waals surface area contributed by atoms with E-state index in [2.05, 4.69) is 0 Å². The van der Waals surface area contributed by atoms with Crippen LogP contribution in [0, 0.1) is 0 Å². The summed E-state index contributed by atoms with van der Waals surface area (Å²) in [7, 11) is 3.16. The van der Waals surface area contributed by atoms with Crippen molar-refractivity contribution in [1.29, 1.82) is 0 Å². The Bertz CT molecular complexity index is 1210. The Morgan fingerprint density at radius 3 is 2.59 bits per heavy atom. The molecule has 0 fully saturated rings. The molecule has 1 atom stereocenters. The number of carbonyl (C=O) groups is 1. The van der Waals surface area contributed by atoms with Crippen LogP contribution in [0.25, 0.3) is 11.0 Å². The average Bonchev–Trinajstić information content (AvgIpc) is 2.76. The maximum Gasteiger partial charge on any atom is 0.336 e. The van der Waals surface area contributed by atoms with Crippen molar-refractivity contribution in [2.75, 3.05) is 14.2 Å². The van der Waals surface area contributed by atoms with Crippen molar-refractivity contribution >= 4 is 16.9 Å². The first kappa shape index (κ1) is 21.7. The van der Waals surface area contributed by atoms with Crippen LogP contribution in [-0.2, 0) is 22.4 Å². The van der Waals surface area contributed by atoms with Gasteiger partial charge in [0, 0.05) is 30.4 Å². The van der Waals surface area contributed by atoms with E-state index in [4.69, 9.17) is 23.4 Å². The van der Waals surface area contributed by atoms with E-state index >= 15 is 0 Å². The molecule has 0 aliphatic carbocycles. The summed E-state index contributed by atoms with van der Waals surface area (Å²) in [5.41, 5.74) is 1.20. The average molecular weight is 438 g/mol. The van der Waals surface area contributed by atoms with Gasteiger partial charge in [-0.15, -0.1) is 0 Å². The molecule has 2 aromatic carbocycles. The van der Waals surface area contributed by atoms with Crippen LogP contribution in [0.5, 0.6) is 17.2 Å². The summed E-state index contributed by atoms with van der Waals surface area (Å²) in [5, 5.41) is 0.796. The molecule has 168 valence electrons. The Hall–Kier alpha value is -3.48. The van der Waals surface area contributed by atoms with E-state index in [0.717, 1.165) is 16.5 Å². The third-order valence-corrected chi connectivity index (χ3v) is 5.70. The Morgan fingerprint density at radius 1 is 1.06 bits per heavy atom. The zero-order chi connectivity index (χ0) is 22.9. The van der Waals surface area contributed by atoms with E-state index in [9.17, 15) is 9.59 Å². The summed E-state index contributed by atoms with van der Waals surface area (Å²) < 4.78 is 27.8. The molecular weight excluding hydrogens is 412 g/mol. The van der Waals surface area contributed by atoms with Crippen LogP contribution in [0.4, 0.5) is 0 Å². The molecule has 1 aromatic heterocycles. The van der Waals surface area contributed by atoms with E-state index in [1.165, 1.54) is 6.07 Å². The van der Waals surface area contributed by atoms with Crippen LogP contribution in [0.15, 0.2) is 51.7 Å². The molecule has 0 N–H and O–H groups in total. The van der Waals surface area contributed by atoms with Gasteiger partial charge < -0.3 is 23.4 Å². The fourth-order valence-corrected chi connectivity index (χ4v) is 3.88. The third kappa shape index (κ3) is 4.42. The van der Waals surface area contributed by atoms with Gasteiger partial charge in [0.2, 0.25) is 0 Å². The Labute approximate surface area is 185 Å². The van der Waals surface area contributed by atoms with E-state index in [1.54, 1.807) is 26.4 Å². The molecule has 0 radical (unpaired) electrons. The molecule has 0 saturated heterocycles. The van der Waals surface area contributed by atoms with Gasteiger partial charge in [-0.1, -0.05) is 6.07 Å². The van der Waals surface area contributed by atoms with Gasteiger partial charge in [0.15, 0.2) is 11.5 Å². The van der Waals surface area contributed by atoms with Crippen LogP contribution >= 0.6 is 0 Å². The molecule has 7 heteroatoms. The molecule has 2 heterocycles. The van der Waals surface area contributed by atoms with Crippen LogP contribution in [0.1, 0.15) is 31.4 Å². The number of esters is 1. The van der Waals surface area contributed by atoms with Crippen LogP contribution in [0.3, 0.4) is 0 Å². The first-order chi connectivity index (χ1) is 15.3. The highest BCUT2D eigenvalue weighted by atomic mass is 16.6. The minimum absolute atomic E-state index is 0.234. The maximum absolute atomic E-state index is 12.6. The molecule has 0 spiro atoms. The highest BCUT2D eigenvalue weighted by Crippen LogP contribution is 2.37. The van der Waals surface area contributed by atoms with Crippen molar-refractivity contribution in [3.63, 3.8) is 0 Å². The lowest BCUT2D eigenvalue weighted by Crippen LogP contribution is -2.48. The summed E-state index contributed by atoms with van der Waals surface area (Å²) >= 11 is 0. The molecule has 0 saturated carbocycles. The molecular formula is C25H26O7. The van der Waals surface area contributed by atoms with Gasteiger partial charge >= 0.3 is 11.6 Å². The minimum Gasteiger partial charge on any atom is -0.493 e. The van der Waals surface area contributed by atoms with Crippen molar-refractivity contribution in [2.45, 2.75) is 44.8 Å². The zero-order valence-electron chi connectivity index (χ0n) is 18.6. The lowest BCUT2D eigenvalue weighted by molar-refractivity contribution is -0.161. The standard InChI is InChI=1S/C25H26O7/c1-25(2)22(13-17-12-16-7-10-23(26)30-19(16)14-20(17)32-25)31-24(27)9-6-15-5-8-18(28-3)21(11-15)29-4/h5,7-8,10-12,14,22H,6,9,13H2,1-4H3/t22-/m0/s1. The van der Waals surface area contributed by atoms with E-state index in [0.29, 0.717) is 35.7 Å². The summed E-state index contributed by atoms with van der Waals surface area (Å²) in [6.07, 6.45) is 0.825. The zero-order valence-corrected chi connectivity index (χ0v) is 18.6. The quantitative estimate of drug-likeness (QED) is 0.424. The van der Waals surface area contributed by atoms with Gasteiger partial charge in [-0.05, 0) is 55.7 Å². The SMILES string of the molecule is COc1ccc(CCC(=O)O[C@H]2Cc3cc4ccc(=O)oc4cc3OC2(C)C)cc1OC. The van der Waals surface area contributed by atoms with E-state index in [1.807, 2.05) is 38.1 Å². The number of methoxy groups -OCH3 is 2. The molecule has 4 rings (SSSR count). The Balaban J connectivity index is 1.45. The van der Waals surface area contributed by atoms with E-state index < -0.39 is 17.3 Å². The van der Waals surface area contributed by atoms with Crippen LogP contribution in [0.2, 0.25) is 0 Å². The predicted octanol–water partition coefficient (Wildman–Crippen LogP) is 4.07. The third-order valence-electron chi connectivity index (χ3n) is 5.70. The molecule has 0 bridgehead atoms. The molecule has 0 unspecified atom stereocenters. The van der Waals surface area contributed by atoms with Gasteiger partial charge in [0.25, 0.3) is 0 Å². The van der Waals surface area contributed by atoms with Crippen molar-refractivity contribution in [3.8, 4) is 17.2 Å². The van der Waals surface area contributed by atoms with Crippen molar-refractivity contribution in [1.82, 2.24) is 0 Å². The monoisotopic (exact) mass is 438 g/mol. The maximum atomic E-state index is 12.6. The lowest BCUT2D eigenvalue weighted by atomic mass is 9.90. The van der Waals surface area contributed by atoms with Crippen molar-refractivity contribution < 1.29 is 28.2 Å². The predicted molar refractivity (Wildman–Crippen MR) is 119 cm³/mol. The molecule has 0 amide bonds. The number of carbonyl (C=O) groups excluding carboxylic acids is 1. The van der Waals surface area contributed by atoms with Crippen LogP contribution in [-0.4, -0.2) is 31.9 Å². The number of hydrogen-bond acceptors (Lipinski definition) is 7. The number of ether oxygens (including phenoxy) is 4. The fraction of sp³-hybridized carbons (Fsp3) is 0.360. The highest BCUT2D eigenvalue weighted by Gasteiger charge is 2.40. The largest absolute Gasteiger partial charge is 0.493 e. The Kier molecular flexibility index (Phi) is 5.82. The van der Waals surface area contributed by atoms with Crippen LogP contribution < -0.4 is 19.8 Å². The van der Waals surface area contributed by atoms with Gasteiger partial charge in [-0.25, -0.2) is 4.79 Å². The van der Waals surface area contributed by atoms with Gasteiger partial charge in [-0.3, -0.25) is 4.79 Å². The molecule has 3 aromatic rings. The highest BCUT2D eigenvalue weighted by molar-refractivity contribution is 5.79. The second-order valence-electron chi connectivity index (χ2n) is 8.33. The normalized spacial score (nSPS) is 16.7. The van der Waals surface area contributed by atoms with Crippen molar-refractivity contribution in [3.05, 3.63) is 64.0 Å². The van der Waals surface area contributed by atoms with Crippen molar-refractivity contribution in [2.24, 2.45) is 0 Å². The first-order valence-corrected chi connectivity index (χ1v) is 10.5. The Morgan fingerprint density at radius 2 is 1.84 bits per heavy atom. The van der Waals surface area contributed by atoms with Gasteiger partial charge in [0.05, 0.1) is 14.2 Å². The molecule has 32 heavy (non-hydrogen) atoms. The summed E-state index contributed by atoms with van der Waals surface area (Å²) in [6, 6.07) is 12.3. The molecule has 7 nitrogen and oxygen atoms in total. The molecule has 1 aliphatic rings. The topological polar surface area (TPSA) is 84.2 Å². The van der Waals surface area contributed by atoms with Gasteiger partial charge in [-0.2, -0.15) is 0 Å². The fourth-order valence-electron chi connectivity index (χ4n) is 3.88. The number of aryl methyl sites for hydroxylation is 1. The lowest BCUT2D eigenvalue weighted by Gasteiger charge is -2.39. The first-order valence-electron chi connectivity index (χ1n) is 10.5. The number of rotatable bonds is 6. The molecule has 1 aliphatic heterocycles. The van der Waals surface area contributed by atoms with Gasteiger partial charge in [0.1, 0.15) is 23.0 Å². The summed E-state index contributed by atoms with van der Waals surface area (Å²) in [6.45, 7) is 3.77.